The minimum Gasteiger partial charge on any atom is -0.497 e. The zero-order chi connectivity index (χ0) is 15.2. The van der Waals surface area contributed by atoms with Crippen molar-refractivity contribution in [1.82, 2.24) is 0 Å². The number of carbonyl (C=O) groups excluding carboxylic acids is 2. The monoisotopic (exact) mass is 306 g/mol. The first-order valence-electron chi connectivity index (χ1n) is 6.10. The summed E-state index contributed by atoms with van der Waals surface area (Å²) in [5, 5.41) is 3.44. The molecule has 0 aliphatic heterocycles. The number of methoxy groups -OCH3 is 2. The Morgan fingerprint density at radius 3 is 2.57 bits per heavy atom. The first-order valence-corrected chi connectivity index (χ1v) is 7.04. The Bertz CT molecular complexity index is 634. The summed E-state index contributed by atoms with van der Waals surface area (Å²) in [5.41, 5.74) is 0.783. The number of rotatable bonds is 6. The highest BCUT2D eigenvalue weighted by molar-refractivity contribution is 7.08. The van der Waals surface area contributed by atoms with E-state index in [0.29, 0.717) is 22.6 Å². The van der Waals surface area contributed by atoms with Crippen LogP contribution >= 0.6 is 11.3 Å². The molecule has 0 N–H and O–H groups in total. The summed E-state index contributed by atoms with van der Waals surface area (Å²) in [7, 11) is 2.99. The molecule has 2 rings (SSSR count). The standard InChI is InChI=1S/C15H14O5S/c1-18-11-3-4-12(14(7-11)19-2)13(16)8-20-15(17)10-5-6-21-9-10/h3-7,9H,8H2,1-2H3. The SMILES string of the molecule is COc1ccc(C(=O)COC(=O)c2ccsc2)c(OC)c1. The predicted molar refractivity (Wildman–Crippen MR) is 78.5 cm³/mol. The molecule has 21 heavy (non-hydrogen) atoms. The van der Waals surface area contributed by atoms with Gasteiger partial charge in [0.15, 0.2) is 6.61 Å². The van der Waals surface area contributed by atoms with Crippen molar-refractivity contribution in [1.29, 1.82) is 0 Å². The molecular weight excluding hydrogens is 292 g/mol. The van der Waals surface area contributed by atoms with Crippen molar-refractivity contribution in [3.63, 3.8) is 0 Å². The van der Waals surface area contributed by atoms with Gasteiger partial charge in [0.05, 0.1) is 25.3 Å². The van der Waals surface area contributed by atoms with Gasteiger partial charge in [0.25, 0.3) is 0 Å². The highest BCUT2D eigenvalue weighted by atomic mass is 32.1. The van der Waals surface area contributed by atoms with Gasteiger partial charge in [-0.05, 0) is 23.6 Å². The largest absolute Gasteiger partial charge is 0.497 e. The smallest absolute Gasteiger partial charge is 0.339 e. The number of carbonyl (C=O) groups is 2. The van der Waals surface area contributed by atoms with Crippen LogP contribution < -0.4 is 9.47 Å². The van der Waals surface area contributed by atoms with Crippen LogP contribution in [-0.4, -0.2) is 32.6 Å². The third-order valence-electron chi connectivity index (χ3n) is 2.80. The molecule has 0 amide bonds. The lowest BCUT2D eigenvalue weighted by atomic mass is 10.1. The summed E-state index contributed by atoms with van der Waals surface area (Å²) in [6.07, 6.45) is 0. The van der Waals surface area contributed by atoms with Gasteiger partial charge in [-0.15, -0.1) is 0 Å². The maximum Gasteiger partial charge on any atom is 0.339 e. The summed E-state index contributed by atoms with van der Waals surface area (Å²) in [5.74, 6) is 0.111. The molecule has 0 spiro atoms. The number of ketones is 1. The molecule has 0 radical (unpaired) electrons. The topological polar surface area (TPSA) is 61.8 Å². The Hall–Kier alpha value is -2.34. The number of esters is 1. The van der Waals surface area contributed by atoms with Gasteiger partial charge < -0.3 is 14.2 Å². The molecule has 0 aliphatic carbocycles. The molecule has 1 heterocycles. The van der Waals surface area contributed by atoms with Crippen molar-refractivity contribution >= 4 is 23.1 Å². The van der Waals surface area contributed by atoms with Gasteiger partial charge in [0, 0.05) is 11.4 Å². The van der Waals surface area contributed by atoms with E-state index in [4.69, 9.17) is 14.2 Å². The number of Topliss-reactive ketones (excluding diaryl/α,β-unsaturated/α-hetero) is 1. The second-order valence-corrected chi connectivity index (χ2v) is 4.86. The van der Waals surface area contributed by atoms with E-state index in [9.17, 15) is 9.59 Å². The van der Waals surface area contributed by atoms with E-state index >= 15 is 0 Å². The van der Waals surface area contributed by atoms with Crippen LogP contribution in [0.1, 0.15) is 20.7 Å². The molecule has 5 nitrogen and oxygen atoms in total. The Morgan fingerprint density at radius 2 is 1.95 bits per heavy atom. The number of hydrogen-bond acceptors (Lipinski definition) is 6. The van der Waals surface area contributed by atoms with Crippen molar-refractivity contribution in [2.24, 2.45) is 0 Å². The Labute approximate surface area is 126 Å². The molecule has 1 aromatic heterocycles. The zero-order valence-electron chi connectivity index (χ0n) is 11.6. The first-order chi connectivity index (χ1) is 10.2. The summed E-state index contributed by atoms with van der Waals surface area (Å²) in [6.45, 7) is -0.336. The van der Waals surface area contributed by atoms with Crippen molar-refractivity contribution in [3.8, 4) is 11.5 Å². The van der Waals surface area contributed by atoms with Crippen LogP contribution in [-0.2, 0) is 4.74 Å². The average molecular weight is 306 g/mol. The van der Waals surface area contributed by atoms with Gasteiger partial charge >= 0.3 is 5.97 Å². The second-order valence-electron chi connectivity index (χ2n) is 4.08. The molecule has 1 aromatic carbocycles. The third-order valence-corrected chi connectivity index (χ3v) is 3.48. The maximum atomic E-state index is 12.1. The van der Waals surface area contributed by atoms with E-state index in [1.807, 2.05) is 0 Å². The van der Waals surface area contributed by atoms with Crippen LogP contribution in [0.25, 0.3) is 0 Å². The first kappa shape index (κ1) is 15.1. The highest BCUT2D eigenvalue weighted by Crippen LogP contribution is 2.25. The van der Waals surface area contributed by atoms with Crippen LogP contribution in [0.15, 0.2) is 35.0 Å². The molecule has 0 unspecified atom stereocenters. The van der Waals surface area contributed by atoms with Crippen LogP contribution in [0, 0.1) is 0 Å². The van der Waals surface area contributed by atoms with Crippen LogP contribution in [0.2, 0.25) is 0 Å². The van der Waals surface area contributed by atoms with E-state index in [1.54, 1.807) is 35.0 Å². The van der Waals surface area contributed by atoms with Gasteiger partial charge in [-0.2, -0.15) is 11.3 Å². The third kappa shape index (κ3) is 3.61. The summed E-state index contributed by atoms with van der Waals surface area (Å²) >= 11 is 1.39. The lowest BCUT2D eigenvalue weighted by molar-refractivity contribution is 0.0474. The maximum absolute atomic E-state index is 12.1. The Balaban J connectivity index is 2.05. The molecule has 2 aromatic rings. The Morgan fingerprint density at radius 1 is 1.14 bits per heavy atom. The van der Waals surface area contributed by atoms with Crippen molar-refractivity contribution in [2.45, 2.75) is 0 Å². The second kappa shape index (κ2) is 6.90. The number of ether oxygens (including phenoxy) is 3. The minimum absolute atomic E-state index is 0.335. The molecule has 0 atom stereocenters. The highest BCUT2D eigenvalue weighted by Gasteiger charge is 2.16. The van der Waals surface area contributed by atoms with Crippen molar-refractivity contribution < 1.29 is 23.8 Å². The fourth-order valence-corrected chi connectivity index (χ4v) is 2.33. The lowest BCUT2D eigenvalue weighted by Gasteiger charge is -2.09. The average Bonchev–Trinajstić information content (AvgIpc) is 3.06. The van der Waals surface area contributed by atoms with Gasteiger partial charge in [0.1, 0.15) is 11.5 Å². The molecule has 6 heteroatoms. The van der Waals surface area contributed by atoms with Gasteiger partial charge in [-0.3, -0.25) is 4.79 Å². The Kier molecular flexibility index (Phi) is 4.94. The van der Waals surface area contributed by atoms with E-state index in [0.717, 1.165) is 0 Å². The quantitative estimate of drug-likeness (QED) is 0.606. The minimum atomic E-state index is -0.517. The van der Waals surface area contributed by atoms with E-state index in [2.05, 4.69) is 0 Å². The molecule has 0 aliphatic rings. The number of hydrogen-bond donors (Lipinski definition) is 0. The molecule has 0 bridgehead atoms. The molecule has 110 valence electrons. The number of benzene rings is 1. The molecule has 0 fully saturated rings. The fourth-order valence-electron chi connectivity index (χ4n) is 1.70. The van der Waals surface area contributed by atoms with Gasteiger partial charge in [0.2, 0.25) is 5.78 Å². The summed E-state index contributed by atoms with van der Waals surface area (Å²) < 4.78 is 15.2. The van der Waals surface area contributed by atoms with E-state index < -0.39 is 5.97 Å². The number of thiophene rings is 1. The van der Waals surface area contributed by atoms with E-state index in [1.165, 1.54) is 25.6 Å². The summed E-state index contributed by atoms with van der Waals surface area (Å²) in [4.78, 5) is 23.8. The van der Waals surface area contributed by atoms with Crippen LogP contribution in [0.5, 0.6) is 11.5 Å². The molecular formula is C15H14O5S. The zero-order valence-corrected chi connectivity index (χ0v) is 12.4. The van der Waals surface area contributed by atoms with Gasteiger partial charge in [-0.25, -0.2) is 4.79 Å². The molecule has 0 saturated heterocycles. The predicted octanol–water partition coefficient (Wildman–Crippen LogP) is 2.81. The van der Waals surface area contributed by atoms with Crippen molar-refractivity contribution in [2.75, 3.05) is 20.8 Å². The lowest BCUT2D eigenvalue weighted by Crippen LogP contribution is -2.14. The summed E-state index contributed by atoms with van der Waals surface area (Å²) in [6, 6.07) is 6.48. The van der Waals surface area contributed by atoms with Gasteiger partial charge in [-0.1, -0.05) is 0 Å². The fraction of sp³-hybridized carbons (Fsp3) is 0.200. The van der Waals surface area contributed by atoms with Crippen LogP contribution in [0.3, 0.4) is 0 Å². The van der Waals surface area contributed by atoms with Crippen molar-refractivity contribution in [3.05, 3.63) is 46.2 Å². The van der Waals surface area contributed by atoms with Crippen LogP contribution in [0.4, 0.5) is 0 Å². The van der Waals surface area contributed by atoms with E-state index in [-0.39, 0.29) is 12.4 Å². The normalized spacial score (nSPS) is 10.0. The molecule has 0 saturated carbocycles.